The van der Waals surface area contributed by atoms with Crippen molar-refractivity contribution in [2.24, 2.45) is 4.99 Å². The number of nitrogens with zero attached hydrogens (tertiary/aromatic N) is 7. The van der Waals surface area contributed by atoms with Crippen molar-refractivity contribution < 1.29 is 33.5 Å². The Hall–Kier alpha value is -6.74. The molecule has 0 fully saturated rings. The zero-order valence-electron chi connectivity index (χ0n) is 34.6. The molecule has 8 rings (SSSR count). The van der Waals surface area contributed by atoms with E-state index in [-0.39, 0.29) is 56.6 Å². The summed E-state index contributed by atoms with van der Waals surface area (Å²) in [5, 5.41) is 6.13. The highest BCUT2D eigenvalue weighted by atomic mass is 16.6. The van der Waals surface area contributed by atoms with E-state index in [2.05, 4.69) is 15.3 Å². The average Bonchev–Trinajstić information content (AvgIpc) is 3.98. The highest BCUT2D eigenvalue weighted by Gasteiger charge is 2.35. The number of ether oxygens (including phenoxy) is 1. The summed E-state index contributed by atoms with van der Waals surface area (Å²) < 4.78 is 7.25. The Balaban J connectivity index is 0.900. The summed E-state index contributed by atoms with van der Waals surface area (Å²) in [5.41, 5.74) is 2.83. The van der Waals surface area contributed by atoms with Gasteiger partial charge in [0, 0.05) is 114 Å². The van der Waals surface area contributed by atoms with Gasteiger partial charge in [-0.1, -0.05) is 24.3 Å². The largest absolute Gasteiger partial charge is 0.460 e. The molecule has 0 radical (unpaired) electrons. The summed E-state index contributed by atoms with van der Waals surface area (Å²) >= 11 is 0. The van der Waals surface area contributed by atoms with E-state index in [0.717, 1.165) is 28.7 Å². The van der Waals surface area contributed by atoms with Crippen LogP contribution in [0.15, 0.2) is 84.4 Å². The fourth-order valence-corrected chi connectivity index (χ4v) is 8.33. The minimum absolute atomic E-state index is 0.0253. The minimum atomic E-state index is -0.641. The summed E-state index contributed by atoms with van der Waals surface area (Å²) in [7, 11) is 0. The number of hydrogen-bond acceptors (Lipinski definition) is 11. The predicted octanol–water partition coefficient (Wildman–Crippen LogP) is 5.24. The number of imidazole rings is 1. The summed E-state index contributed by atoms with van der Waals surface area (Å²) in [6, 6.07) is 18.1. The van der Waals surface area contributed by atoms with Crippen LogP contribution in [0.4, 0.5) is 5.69 Å². The van der Waals surface area contributed by atoms with E-state index in [1.165, 1.54) is 9.80 Å². The number of benzene rings is 4. The zero-order chi connectivity index (χ0) is 42.8. The Labute approximate surface area is 352 Å². The summed E-state index contributed by atoms with van der Waals surface area (Å²) in [6.07, 6.45) is 7.84. The van der Waals surface area contributed by atoms with Crippen LogP contribution in [0.3, 0.4) is 0 Å². The Kier molecular flexibility index (Phi) is 11.5. The maximum Gasteiger partial charge on any atom is 0.306 e. The maximum absolute atomic E-state index is 13.9. The molecular formula is C46H48N8O7. The number of anilines is 1. The number of esters is 1. The molecule has 61 heavy (non-hydrogen) atoms. The number of carbonyl (C=O) groups excluding carboxylic acids is 6. The van der Waals surface area contributed by atoms with Gasteiger partial charge in [-0.05, 0) is 76.6 Å². The van der Waals surface area contributed by atoms with Crippen LogP contribution in [0, 0.1) is 0 Å². The van der Waals surface area contributed by atoms with Gasteiger partial charge in [0.15, 0.2) is 0 Å². The molecule has 3 aliphatic heterocycles. The summed E-state index contributed by atoms with van der Waals surface area (Å²) in [5.74, 6) is -2.18. The molecule has 15 heteroatoms. The second-order valence-corrected chi connectivity index (χ2v) is 16.4. The molecule has 1 N–H and O–H groups in total. The smallest absolute Gasteiger partial charge is 0.306 e. The number of carbonyl (C=O) groups is 6. The Morgan fingerprint density at radius 1 is 0.738 bits per heavy atom. The molecule has 0 aliphatic carbocycles. The molecule has 15 nitrogen and oxygen atoms in total. The first-order chi connectivity index (χ1) is 29.4. The van der Waals surface area contributed by atoms with E-state index >= 15 is 0 Å². The third kappa shape index (κ3) is 8.25. The zero-order valence-corrected chi connectivity index (χ0v) is 34.6. The Bertz CT molecular complexity index is 2550. The number of aromatic nitrogens is 2. The lowest BCUT2D eigenvalue weighted by atomic mass is 9.92. The van der Waals surface area contributed by atoms with Gasteiger partial charge in [0.05, 0.1) is 24.9 Å². The van der Waals surface area contributed by atoms with Crippen molar-refractivity contribution in [2.45, 2.75) is 52.1 Å². The first kappa shape index (κ1) is 41.0. The van der Waals surface area contributed by atoms with Gasteiger partial charge in [0.25, 0.3) is 23.6 Å². The molecule has 5 aromatic rings. The van der Waals surface area contributed by atoms with E-state index in [4.69, 9.17) is 4.74 Å². The first-order valence-corrected chi connectivity index (χ1v) is 20.7. The third-order valence-electron chi connectivity index (χ3n) is 11.2. The van der Waals surface area contributed by atoms with Gasteiger partial charge in [-0.25, -0.2) is 4.98 Å². The third-order valence-corrected chi connectivity index (χ3v) is 11.2. The fourth-order valence-electron chi connectivity index (χ4n) is 8.33. The first-order valence-electron chi connectivity index (χ1n) is 20.7. The lowest BCUT2D eigenvalue weighted by molar-refractivity contribution is -0.155. The van der Waals surface area contributed by atoms with Crippen LogP contribution in [0.1, 0.15) is 87.9 Å². The molecule has 314 valence electrons. The number of imide groups is 2. The van der Waals surface area contributed by atoms with Gasteiger partial charge < -0.3 is 24.4 Å². The molecule has 1 aromatic heterocycles. The number of hydrogen-bond donors (Lipinski definition) is 1. The van der Waals surface area contributed by atoms with Crippen LogP contribution in [-0.2, 0) is 14.3 Å². The number of amides is 5. The summed E-state index contributed by atoms with van der Waals surface area (Å²) in [6.45, 7) is 8.09. The fraction of sp³-hybridized carbons (Fsp3) is 0.348. The van der Waals surface area contributed by atoms with Gasteiger partial charge in [-0.15, -0.1) is 0 Å². The molecule has 0 bridgehead atoms. The molecule has 0 saturated heterocycles. The highest BCUT2D eigenvalue weighted by Crippen LogP contribution is 2.37. The maximum atomic E-state index is 13.9. The SMILES string of the molecule is CC(C)(C)OC(=O)CCCC(=O)N(CCCNCCN1C(=O)c2cccc3c(N4C=NCC4)ccc(c23)C1=O)CCN1C(=O)c2cccc3c(-n4ccnc4)ccc(c23)C1=O. The van der Waals surface area contributed by atoms with Crippen molar-refractivity contribution in [3.63, 3.8) is 0 Å². The van der Waals surface area contributed by atoms with Gasteiger partial charge in [0.1, 0.15) is 5.60 Å². The molecule has 4 heterocycles. The monoisotopic (exact) mass is 824 g/mol. The minimum Gasteiger partial charge on any atom is -0.460 e. The van der Waals surface area contributed by atoms with Crippen LogP contribution >= 0.6 is 0 Å². The van der Waals surface area contributed by atoms with E-state index in [9.17, 15) is 28.8 Å². The van der Waals surface area contributed by atoms with Gasteiger partial charge in [-0.3, -0.25) is 43.6 Å². The topological polar surface area (TPSA) is 167 Å². The number of nitrogens with one attached hydrogen (secondary N) is 1. The molecule has 5 amide bonds. The van der Waals surface area contributed by atoms with Crippen molar-refractivity contribution >= 4 is 69.1 Å². The molecular weight excluding hydrogens is 777 g/mol. The van der Waals surface area contributed by atoms with Crippen molar-refractivity contribution in [1.82, 2.24) is 29.6 Å². The van der Waals surface area contributed by atoms with Gasteiger partial charge in [0.2, 0.25) is 5.91 Å². The molecule has 0 atom stereocenters. The van der Waals surface area contributed by atoms with Crippen LogP contribution in [0.2, 0.25) is 0 Å². The lowest BCUT2D eigenvalue weighted by Gasteiger charge is -2.31. The lowest BCUT2D eigenvalue weighted by Crippen LogP contribution is -2.46. The quantitative estimate of drug-likeness (QED) is 0.0790. The van der Waals surface area contributed by atoms with Crippen molar-refractivity contribution in [1.29, 1.82) is 0 Å². The standard InChI is InChI=1S/C46H48N8O7/c1-46(2,3)61-39(56)13-6-12-38(55)50(26-27-54-43(58)33-11-5-9-31-37(52-24-20-49-29-52)17-15-35(41(31)33)45(54)60)22-7-18-47-21-25-53-42(57)32-10-4-8-30-36(51-23-19-48-28-51)16-14-34(40(30)32)44(53)59/h4-5,8-11,14-17,20,24,28-29,47H,6-7,12-13,18-19,21-23,25-27H2,1-3H3. The van der Waals surface area contributed by atoms with Crippen LogP contribution in [0.5, 0.6) is 0 Å². The van der Waals surface area contributed by atoms with E-state index in [1.807, 2.05) is 39.8 Å². The Morgan fingerprint density at radius 3 is 1.97 bits per heavy atom. The van der Waals surface area contributed by atoms with Gasteiger partial charge in [-0.2, -0.15) is 0 Å². The van der Waals surface area contributed by atoms with E-state index in [0.29, 0.717) is 65.6 Å². The number of aliphatic imine (C=N–C) groups is 1. The van der Waals surface area contributed by atoms with Crippen LogP contribution in [0.25, 0.3) is 27.2 Å². The molecule has 0 spiro atoms. The van der Waals surface area contributed by atoms with E-state index in [1.54, 1.807) is 81.1 Å². The molecule has 0 unspecified atom stereocenters. The van der Waals surface area contributed by atoms with Crippen LogP contribution in [-0.4, -0.2) is 124 Å². The molecule has 4 aromatic carbocycles. The second-order valence-electron chi connectivity index (χ2n) is 16.4. The summed E-state index contributed by atoms with van der Waals surface area (Å²) in [4.78, 5) is 95.8. The predicted molar refractivity (Wildman–Crippen MR) is 230 cm³/mol. The van der Waals surface area contributed by atoms with Crippen molar-refractivity contribution in [3.8, 4) is 5.69 Å². The second kappa shape index (κ2) is 17.1. The average molecular weight is 825 g/mol. The number of rotatable bonds is 16. The van der Waals surface area contributed by atoms with Gasteiger partial charge >= 0.3 is 5.97 Å². The van der Waals surface area contributed by atoms with Crippen LogP contribution < -0.4 is 10.2 Å². The van der Waals surface area contributed by atoms with E-state index < -0.39 is 23.4 Å². The van der Waals surface area contributed by atoms with Crippen molar-refractivity contribution in [2.75, 3.05) is 57.3 Å². The molecule has 3 aliphatic rings. The Morgan fingerprint density at radius 2 is 1.36 bits per heavy atom. The van der Waals surface area contributed by atoms with Crippen molar-refractivity contribution in [3.05, 3.63) is 102 Å². The normalized spacial score (nSPS) is 14.8. The molecule has 0 saturated carbocycles. The highest BCUT2D eigenvalue weighted by molar-refractivity contribution is 6.28.